The smallest absolute Gasteiger partial charge is 0.0825 e. The quantitative estimate of drug-likeness (QED) is 0.706. The molecule has 1 saturated heterocycles. The van der Waals surface area contributed by atoms with Gasteiger partial charge in [0.15, 0.2) is 0 Å². The van der Waals surface area contributed by atoms with Gasteiger partial charge in [-0.25, -0.2) is 0 Å². The van der Waals surface area contributed by atoms with Crippen molar-refractivity contribution in [2.45, 2.75) is 18.9 Å². The van der Waals surface area contributed by atoms with Crippen molar-refractivity contribution in [1.29, 1.82) is 0 Å². The van der Waals surface area contributed by atoms with Crippen molar-refractivity contribution in [3.63, 3.8) is 0 Å². The highest BCUT2D eigenvalue weighted by atomic mass is 35.5. The van der Waals surface area contributed by atoms with Crippen molar-refractivity contribution in [2.24, 2.45) is 0 Å². The third-order valence-corrected chi connectivity index (χ3v) is 2.24. The van der Waals surface area contributed by atoms with Crippen LogP contribution >= 0.6 is 12.4 Å². The minimum absolute atomic E-state index is 0. The normalized spacial score (nSPS) is 21.1. The van der Waals surface area contributed by atoms with Gasteiger partial charge in [-0.05, 0) is 30.5 Å². The number of nitrogens with two attached hydrogens (primary N) is 1. The zero-order chi connectivity index (χ0) is 8.39. The molecule has 0 bridgehead atoms. The van der Waals surface area contributed by atoms with E-state index in [0.29, 0.717) is 6.10 Å². The lowest BCUT2D eigenvalue weighted by Crippen LogP contribution is -1.95. The van der Waals surface area contributed by atoms with Gasteiger partial charge in [-0.3, -0.25) is 0 Å². The van der Waals surface area contributed by atoms with Crippen molar-refractivity contribution in [2.75, 3.05) is 12.3 Å². The molecule has 1 aromatic carbocycles. The topological polar surface area (TPSA) is 35.2 Å². The summed E-state index contributed by atoms with van der Waals surface area (Å²) in [6.07, 6.45) is 2.63. The second-order valence-electron chi connectivity index (χ2n) is 3.17. The second kappa shape index (κ2) is 4.49. The van der Waals surface area contributed by atoms with E-state index in [2.05, 4.69) is 0 Å². The van der Waals surface area contributed by atoms with Crippen LogP contribution in [-0.2, 0) is 4.74 Å². The number of halogens is 1. The lowest BCUT2D eigenvalue weighted by Gasteiger charge is -2.08. The van der Waals surface area contributed by atoms with Gasteiger partial charge in [0.05, 0.1) is 6.10 Å². The first-order chi connectivity index (χ1) is 5.86. The molecule has 1 aliphatic rings. The summed E-state index contributed by atoms with van der Waals surface area (Å²) < 4.78 is 5.54. The molecule has 1 unspecified atom stereocenters. The largest absolute Gasteiger partial charge is 0.399 e. The Kier molecular flexibility index (Phi) is 3.58. The summed E-state index contributed by atoms with van der Waals surface area (Å²) in [6, 6.07) is 7.95. The Bertz CT molecular complexity index is 254. The highest BCUT2D eigenvalue weighted by Gasteiger charge is 2.16. The number of benzene rings is 1. The predicted molar refractivity (Wildman–Crippen MR) is 56.0 cm³/mol. The van der Waals surface area contributed by atoms with Gasteiger partial charge in [0.1, 0.15) is 0 Å². The summed E-state index contributed by atoms with van der Waals surface area (Å²) in [4.78, 5) is 0. The lowest BCUT2D eigenvalue weighted by molar-refractivity contribution is 0.112. The second-order valence-corrected chi connectivity index (χ2v) is 3.17. The summed E-state index contributed by atoms with van der Waals surface area (Å²) in [7, 11) is 0. The van der Waals surface area contributed by atoms with E-state index in [9.17, 15) is 0 Å². The molecule has 0 aromatic heterocycles. The van der Waals surface area contributed by atoms with Gasteiger partial charge in [0.25, 0.3) is 0 Å². The van der Waals surface area contributed by atoms with Gasteiger partial charge in [-0.2, -0.15) is 0 Å². The summed E-state index contributed by atoms with van der Waals surface area (Å²) >= 11 is 0. The van der Waals surface area contributed by atoms with Crippen LogP contribution in [0.15, 0.2) is 24.3 Å². The highest BCUT2D eigenvalue weighted by Crippen LogP contribution is 2.28. The molecule has 2 nitrogen and oxygen atoms in total. The van der Waals surface area contributed by atoms with Gasteiger partial charge >= 0.3 is 0 Å². The van der Waals surface area contributed by atoms with E-state index in [4.69, 9.17) is 10.5 Å². The van der Waals surface area contributed by atoms with Crippen molar-refractivity contribution in [3.8, 4) is 0 Å². The van der Waals surface area contributed by atoms with Crippen LogP contribution in [0.1, 0.15) is 24.5 Å². The van der Waals surface area contributed by atoms with Gasteiger partial charge in [-0.15, -0.1) is 12.4 Å². The van der Waals surface area contributed by atoms with Gasteiger partial charge < -0.3 is 10.5 Å². The first kappa shape index (κ1) is 10.4. The Labute approximate surface area is 84.5 Å². The molecule has 1 fully saturated rings. The molecule has 1 atom stereocenters. The Balaban J connectivity index is 0.000000845. The van der Waals surface area contributed by atoms with Crippen LogP contribution in [0.25, 0.3) is 0 Å². The molecule has 3 heteroatoms. The van der Waals surface area contributed by atoms with E-state index in [-0.39, 0.29) is 12.4 Å². The number of ether oxygens (including phenoxy) is 1. The Hall–Kier alpha value is -0.730. The van der Waals surface area contributed by atoms with E-state index in [1.807, 2.05) is 24.3 Å². The summed E-state index contributed by atoms with van der Waals surface area (Å²) in [5, 5.41) is 0. The molecule has 0 spiro atoms. The van der Waals surface area contributed by atoms with Gasteiger partial charge in [-0.1, -0.05) is 12.1 Å². The van der Waals surface area contributed by atoms with Crippen LogP contribution in [0.4, 0.5) is 5.69 Å². The molecule has 72 valence electrons. The number of anilines is 1. The molecule has 2 N–H and O–H groups in total. The summed E-state index contributed by atoms with van der Waals surface area (Å²) in [5.41, 5.74) is 7.65. The molecule has 1 heterocycles. The van der Waals surface area contributed by atoms with E-state index < -0.39 is 0 Å². The first-order valence-corrected chi connectivity index (χ1v) is 4.33. The first-order valence-electron chi connectivity index (χ1n) is 4.33. The molecule has 1 aromatic rings. The molecular weight excluding hydrogens is 186 g/mol. The molecule has 2 rings (SSSR count). The molecule has 0 radical (unpaired) electrons. The standard InChI is InChI=1S/C10H13NO.ClH/c11-9-5-3-8(4-6-9)10-2-1-7-12-10;/h3-6,10H,1-2,7,11H2;1H. The Morgan fingerprint density at radius 3 is 2.46 bits per heavy atom. The average molecular weight is 200 g/mol. The van der Waals surface area contributed by atoms with Crippen LogP contribution in [0, 0.1) is 0 Å². The van der Waals surface area contributed by atoms with Crippen molar-refractivity contribution in [3.05, 3.63) is 29.8 Å². The number of hydrogen-bond donors (Lipinski definition) is 1. The highest BCUT2D eigenvalue weighted by molar-refractivity contribution is 5.85. The van der Waals surface area contributed by atoms with Crippen LogP contribution in [0.5, 0.6) is 0 Å². The maximum Gasteiger partial charge on any atom is 0.0825 e. The molecule has 0 aliphatic carbocycles. The third kappa shape index (κ3) is 2.36. The third-order valence-electron chi connectivity index (χ3n) is 2.24. The molecule has 0 saturated carbocycles. The monoisotopic (exact) mass is 199 g/mol. The maximum absolute atomic E-state index is 5.58. The molecular formula is C10H14ClNO. The van der Waals surface area contributed by atoms with Gasteiger partial charge in [0, 0.05) is 12.3 Å². The summed E-state index contributed by atoms with van der Waals surface area (Å²) in [6.45, 7) is 0.898. The predicted octanol–water partition coefficient (Wildman–Crippen LogP) is 2.54. The molecule has 13 heavy (non-hydrogen) atoms. The van der Waals surface area contributed by atoms with Crippen LogP contribution < -0.4 is 5.73 Å². The van der Waals surface area contributed by atoms with E-state index in [0.717, 1.165) is 18.7 Å². The number of hydrogen-bond acceptors (Lipinski definition) is 2. The number of nitrogen functional groups attached to an aromatic ring is 1. The minimum Gasteiger partial charge on any atom is -0.399 e. The van der Waals surface area contributed by atoms with Crippen LogP contribution in [0.3, 0.4) is 0 Å². The van der Waals surface area contributed by atoms with Crippen LogP contribution in [-0.4, -0.2) is 6.61 Å². The SMILES string of the molecule is Cl.Nc1ccc(C2CCCO2)cc1. The number of rotatable bonds is 1. The van der Waals surface area contributed by atoms with Crippen molar-refractivity contribution >= 4 is 18.1 Å². The zero-order valence-corrected chi connectivity index (χ0v) is 8.22. The van der Waals surface area contributed by atoms with E-state index in [1.165, 1.54) is 12.0 Å². The van der Waals surface area contributed by atoms with E-state index in [1.54, 1.807) is 0 Å². The molecule has 1 aliphatic heterocycles. The van der Waals surface area contributed by atoms with Crippen LogP contribution in [0.2, 0.25) is 0 Å². The minimum atomic E-state index is 0. The van der Waals surface area contributed by atoms with E-state index >= 15 is 0 Å². The molecule has 0 amide bonds. The Morgan fingerprint density at radius 2 is 1.92 bits per heavy atom. The fourth-order valence-corrected chi connectivity index (χ4v) is 1.55. The fraction of sp³-hybridized carbons (Fsp3) is 0.400. The Morgan fingerprint density at radius 1 is 1.23 bits per heavy atom. The van der Waals surface area contributed by atoms with Crippen molar-refractivity contribution in [1.82, 2.24) is 0 Å². The average Bonchev–Trinajstić information content (AvgIpc) is 2.58. The zero-order valence-electron chi connectivity index (χ0n) is 7.40. The maximum atomic E-state index is 5.58. The fourth-order valence-electron chi connectivity index (χ4n) is 1.55. The van der Waals surface area contributed by atoms with Crippen molar-refractivity contribution < 1.29 is 4.74 Å². The van der Waals surface area contributed by atoms with Gasteiger partial charge in [0.2, 0.25) is 0 Å². The lowest BCUT2D eigenvalue weighted by atomic mass is 10.1. The summed E-state index contributed by atoms with van der Waals surface area (Å²) in [5.74, 6) is 0.